The summed E-state index contributed by atoms with van der Waals surface area (Å²) in [6.45, 7) is 9.43. The highest BCUT2D eigenvalue weighted by Gasteiger charge is 2.63. The van der Waals surface area contributed by atoms with Gasteiger partial charge in [0, 0.05) is 19.0 Å². The van der Waals surface area contributed by atoms with Gasteiger partial charge in [-0.3, -0.25) is 9.69 Å². The van der Waals surface area contributed by atoms with Crippen LogP contribution in [0.3, 0.4) is 0 Å². The molecule has 4 heteroatoms. The van der Waals surface area contributed by atoms with Crippen LogP contribution in [0.4, 0.5) is 0 Å². The van der Waals surface area contributed by atoms with E-state index in [0.29, 0.717) is 29.6 Å². The number of aliphatic hydroxyl groups excluding tert-OH is 1. The Morgan fingerprint density at radius 2 is 1.61 bits per heavy atom. The fourth-order valence-electron chi connectivity index (χ4n) is 9.60. The predicted octanol–water partition coefficient (Wildman–Crippen LogP) is 4.42. The van der Waals surface area contributed by atoms with Crippen molar-refractivity contribution < 1.29 is 15.0 Å². The SMILES string of the molecule is C[C@@]1(O)CC[C@H]2[C@@H](CC[C@@]3(C)[C@@H]4CC[C@H](C(=O)CN5CCC(O)CC5)[C@@]4(C)CC[C@H]23)C1. The lowest BCUT2D eigenvalue weighted by molar-refractivity contribution is -0.152. The normalized spacial score (nSPS) is 51.1. The third-order valence-corrected chi connectivity index (χ3v) is 11.2. The largest absolute Gasteiger partial charge is 0.393 e. The molecule has 0 aromatic rings. The maximum Gasteiger partial charge on any atom is 0.150 e. The summed E-state index contributed by atoms with van der Waals surface area (Å²) in [6, 6.07) is 0. The second-order valence-corrected chi connectivity index (χ2v) is 13.0. The van der Waals surface area contributed by atoms with Gasteiger partial charge in [-0.1, -0.05) is 13.8 Å². The molecule has 8 atom stereocenters. The van der Waals surface area contributed by atoms with Gasteiger partial charge in [-0.25, -0.2) is 0 Å². The number of carbonyl (C=O) groups excluding carboxylic acids is 1. The first-order valence-electron chi connectivity index (χ1n) is 13.3. The summed E-state index contributed by atoms with van der Waals surface area (Å²) < 4.78 is 0. The Kier molecular flexibility index (Phi) is 5.63. The summed E-state index contributed by atoms with van der Waals surface area (Å²) in [5, 5.41) is 20.4. The molecular weight excluding hydrogens is 386 g/mol. The quantitative estimate of drug-likeness (QED) is 0.694. The summed E-state index contributed by atoms with van der Waals surface area (Å²) in [5.74, 6) is 3.67. The molecule has 0 amide bonds. The average molecular weight is 432 g/mol. The summed E-state index contributed by atoms with van der Waals surface area (Å²) in [6.07, 6.45) is 12.0. The van der Waals surface area contributed by atoms with Gasteiger partial charge < -0.3 is 10.2 Å². The maximum absolute atomic E-state index is 13.5. The molecule has 0 aromatic carbocycles. The monoisotopic (exact) mass is 431 g/mol. The maximum atomic E-state index is 13.5. The highest BCUT2D eigenvalue weighted by molar-refractivity contribution is 5.84. The smallest absolute Gasteiger partial charge is 0.150 e. The number of piperidine rings is 1. The van der Waals surface area contributed by atoms with Crippen molar-refractivity contribution in [1.29, 1.82) is 0 Å². The van der Waals surface area contributed by atoms with E-state index in [9.17, 15) is 15.0 Å². The molecule has 5 rings (SSSR count). The molecule has 31 heavy (non-hydrogen) atoms. The Labute approximate surface area is 189 Å². The minimum atomic E-state index is -0.451. The van der Waals surface area contributed by atoms with Crippen molar-refractivity contribution in [3.63, 3.8) is 0 Å². The Hall–Kier alpha value is -0.450. The van der Waals surface area contributed by atoms with Gasteiger partial charge in [0.1, 0.15) is 5.78 Å². The van der Waals surface area contributed by atoms with Gasteiger partial charge in [-0.05, 0) is 112 Å². The molecule has 5 fully saturated rings. The molecule has 0 bridgehead atoms. The first kappa shape index (κ1) is 22.3. The first-order valence-corrected chi connectivity index (χ1v) is 13.3. The summed E-state index contributed by atoms with van der Waals surface area (Å²) in [4.78, 5) is 15.8. The van der Waals surface area contributed by atoms with Crippen LogP contribution in [0.25, 0.3) is 0 Å². The zero-order chi connectivity index (χ0) is 22.0. The number of hydrogen-bond acceptors (Lipinski definition) is 4. The number of fused-ring (bicyclic) bond motifs is 5. The third-order valence-electron chi connectivity index (χ3n) is 11.2. The summed E-state index contributed by atoms with van der Waals surface area (Å²) in [7, 11) is 0. The number of rotatable bonds is 3. The van der Waals surface area contributed by atoms with Gasteiger partial charge in [0.25, 0.3) is 0 Å². The highest BCUT2D eigenvalue weighted by atomic mass is 16.3. The van der Waals surface area contributed by atoms with Crippen LogP contribution in [-0.4, -0.2) is 52.2 Å². The zero-order valence-corrected chi connectivity index (χ0v) is 20.1. The molecule has 4 saturated carbocycles. The predicted molar refractivity (Wildman–Crippen MR) is 123 cm³/mol. The molecule has 4 nitrogen and oxygen atoms in total. The number of carbonyl (C=O) groups is 1. The average Bonchev–Trinajstić information content (AvgIpc) is 3.07. The van der Waals surface area contributed by atoms with Crippen molar-refractivity contribution in [3.05, 3.63) is 0 Å². The zero-order valence-electron chi connectivity index (χ0n) is 20.1. The summed E-state index contributed by atoms with van der Waals surface area (Å²) in [5.41, 5.74) is 0.0969. The van der Waals surface area contributed by atoms with E-state index >= 15 is 0 Å². The molecule has 4 aliphatic carbocycles. The van der Waals surface area contributed by atoms with Crippen LogP contribution in [-0.2, 0) is 4.79 Å². The van der Waals surface area contributed by atoms with Crippen molar-refractivity contribution in [2.24, 2.45) is 40.4 Å². The minimum Gasteiger partial charge on any atom is -0.393 e. The molecule has 176 valence electrons. The van der Waals surface area contributed by atoms with Crippen LogP contribution >= 0.6 is 0 Å². The van der Waals surface area contributed by atoms with Crippen LogP contribution < -0.4 is 0 Å². The number of ketones is 1. The van der Waals surface area contributed by atoms with Crippen LogP contribution in [0, 0.1) is 40.4 Å². The first-order chi connectivity index (χ1) is 14.6. The molecule has 0 radical (unpaired) electrons. The van der Waals surface area contributed by atoms with E-state index in [4.69, 9.17) is 0 Å². The van der Waals surface area contributed by atoms with Crippen molar-refractivity contribution in [1.82, 2.24) is 4.90 Å². The lowest BCUT2D eigenvalue weighted by Crippen LogP contribution is -2.56. The van der Waals surface area contributed by atoms with E-state index in [-0.39, 0.29) is 17.4 Å². The lowest BCUT2D eigenvalue weighted by Gasteiger charge is -2.62. The van der Waals surface area contributed by atoms with Crippen molar-refractivity contribution >= 4 is 5.78 Å². The minimum absolute atomic E-state index is 0.171. The number of likely N-dealkylation sites (tertiary alicyclic amines) is 1. The van der Waals surface area contributed by atoms with E-state index in [0.717, 1.165) is 57.0 Å². The van der Waals surface area contributed by atoms with Crippen LogP contribution in [0.5, 0.6) is 0 Å². The van der Waals surface area contributed by atoms with E-state index in [2.05, 4.69) is 18.7 Å². The lowest BCUT2D eigenvalue weighted by atomic mass is 9.43. The van der Waals surface area contributed by atoms with E-state index in [1.54, 1.807) is 0 Å². The van der Waals surface area contributed by atoms with Crippen LogP contribution in [0.15, 0.2) is 0 Å². The standard InChI is InChI=1S/C27H45NO3/c1-25(31)11-7-20-18(16-25)6-12-26(2)21(20)8-13-27(3)22(4-5-24(26)27)23(30)17-28-14-9-19(29)10-15-28/h18-22,24,29,31H,4-17H2,1-3H3/t18-,20-,21+,22+,24-,25+,26+,27+/m0/s1. The van der Waals surface area contributed by atoms with Gasteiger partial charge in [0.15, 0.2) is 0 Å². The van der Waals surface area contributed by atoms with E-state index < -0.39 is 5.60 Å². The molecule has 1 saturated heterocycles. The van der Waals surface area contributed by atoms with Crippen molar-refractivity contribution in [2.75, 3.05) is 19.6 Å². The molecule has 5 aliphatic rings. The van der Waals surface area contributed by atoms with Gasteiger partial charge in [-0.2, -0.15) is 0 Å². The molecule has 1 aliphatic heterocycles. The number of Topliss-reactive ketones (excluding diaryl/α,β-unsaturated/α-hetero) is 1. The topological polar surface area (TPSA) is 60.8 Å². The fraction of sp³-hybridized carbons (Fsp3) is 0.963. The Bertz CT molecular complexity index is 699. The van der Waals surface area contributed by atoms with Gasteiger partial charge in [0.05, 0.1) is 18.2 Å². The molecular formula is C27H45NO3. The number of nitrogens with zero attached hydrogens (tertiary/aromatic N) is 1. The Morgan fingerprint density at radius 1 is 0.903 bits per heavy atom. The number of hydrogen-bond donors (Lipinski definition) is 2. The highest BCUT2D eigenvalue weighted by Crippen LogP contribution is 2.69. The van der Waals surface area contributed by atoms with Gasteiger partial charge >= 0.3 is 0 Å². The fourth-order valence-corrected chi connectivity index (χ4v) is 9.60. The second-order valence-electron chi connectivity index (χ2n) is 13.0. The molecule has 0 spiro atoms. The molecule has 0 unspecified atom stereocenters. The van der Waals surface area contributed by atoms with Crippen LogP contribution in [0.1, 0.15) is 91.4 Å². The van der Waals surface area contributed by atoms with Crippen molar-refractivity contribution in [3.8, 4) is 0 Å². The Balaban J connectivity index is 1.30. The van der Waals surface area contributed by atoms with E-state index in [1.165, 1.54) is 38.5 Å². The Morgan fingerprint density at radius 3 is 2.35 bits per heavy atom. The third kappa shape index (κ3) is 3.73. The van der Waals surface area contributed by atoms with Crippen LogP contribution in [0.2, 0.25) is 0 Å². The molecule has 1 heterocycles. The summed E-state index contributed by atoms with van der Waals surface area (Å²) >= 11 is 0. The number of aliphatic hydroxyl groups is 2. The van der Waals surface area contributed by atoms with Crippen molar-refractivity contribution in [2.45, 2.75) is 103 Å². The second kappa shape index (κ2) is 7.81. The van der Waals surface area contributed by atoms with E-state index in [1.807, 2.05) is 6.92 Å². The van der Waals surface area contributed by atoms with Gasteiger partial charge in [0.2, 0.25) is 0 Å². The molecule has 2 N–H and O–H groups in total. The molecule has 0 aromatic heterocycles. The van der Waals surface area contributed by atoms with Gasteiger partial charge in [-0.15, -0.1) is 0 Å².